The monoisotopic (exact) mass is 425 g/mol. The molecule has 5 rings (SSSR count). The van der Waals surface area contributed by atoms with Gasteiger partial charge in [-0.15, -0.1) is 0 Å². The second-order valence-electron chi connectivity index (χ2n) is 7.41. The number of thiazole rings is 1. The van der Waals surface area contributed by atoms with Crippen LogP contribution in [0.5, 0.6) is 5.75 Å². The van der Waals surface area contributed by atoms with Gasteiger partial charge in [0.25, 0.3) is 5.01 Å². The highest BCUT2D eigenvalue weighted by molar-refractivity contribution is 7.18. The Morgan fingerprint density at radius 3 is 2.55 bits per heavy atom. The molecule has 0 N–H and O–H groups in total. The first-order valence-corrected chi connectivity index (χ1v) is 11.5. The van der Waals surface area contributed by atoms with Crippen LogP contribution in [0.2, 0.25) is 0 Å². The van der Waals surface area contributed by atoms with E-state index in [2.05, 4.69) is 108 Å². The molecular weight excluding hydrogens is 400 g/mol. The molecule has 0 unspecified atom stereocenters. The molecule has 1 aromatic heterocycles. The fraction of sp³-hybridized carbons (Fsp3) is 0.148. The van der Waals surface area contributed by atoms with E-state index in [0.29, 0.717) is 0 Å². The zero-order valence-corrected chi connectivity index (χ0v) is 18.6. The SMILES string of the molecule is CCN1/C(=C/C=C/c2sc3ccccc3[n+]2CC)Oc2ccc(-c3ccccc3)cc21. The van der Waals surface area contributed by atoms with Crippen LogP contribution in [-0.4, -0.2) is 6.54 Å². The van der Waals surface area contributed by atoms with Crippen LogP contribution < -0.4 is 14.2 Å². The fourth-order valence-corrected chi connectivity index (χ4v) is 5.22. The maximum atomic E-state index is 6.19. The van der Waals surface area contributed by atoms with E-state index in [1.54, 1.807) is 0 Å². The number of hydrogen-bond acceptors (Lipinski definition) is 3. The lowest BCUT2D eigenvalue weighted by molar-refractivity contribution is -0.665. The molecule has 0 spiro atoms. The van der Waals surface area contributed by atoms with E-state index in [4.69, 9.17) is 4.74 Å². The normalized spacial score (nSPS) is 14.5. The number of benzene rings is 3. The van der Waals surface area contributed by atoms with E-state index in [1.807, 2.05) is 17.4 Å². The Bertz CT molecular complexity index is 1290. The van der Waals surface area contributed by atoms with Crippen LogP contribution in [-0.2, 0) is 6.54 Å². The van der Waals surface area contributed by atoms with Crippen LogP contribution in [0.3, 0.4) is 0 Å². The molecular formula is C27H25N2OS+. The second-order valence-corrected chi connectivity index (χ2v) is 8.47. The van der Waals surface area contributed by atoms with E-state index in [1.165, 1.54) is 26.4 Å². The number of ether oxygens (including phenoxy) is 1. The molecule has 0 atom stereocenters. The highest BCUT2D eigenvalue weighted by atomic mass is 32.1. The Morgan fingerprint density at radius 1 is 0.935 bits per heavy atom. The molecule has 2 heterocycles. The lowest BCUT2D eigenvalue weighted by atomic mass is 10.0. The van der Waals surface area contributed by atoms with Crippen molar-refractivity contribution in [2.45, 2.75) is 20.4 Å². The van der Waals surface area contributed by atoms with Crippen molar-refractivity contribution in [3.63, 3.8) is 0 Å². The van der Waals surface area contributed by atoms with Crippen molar-refractivity contribution in [3.8, 4) is 16.9 Å². The second kappa shape index (κ2) is 8.40. The summed E-state index contributed by atoms with van der Waals surface area (Å²) < 4.78 is 9.85. The van der Waals surface area contributed by atoms with Gasteiger partial charge in [0.1, 0.15) is 11.2 Å². The van der Waals surface area contributed by atoms with Gasteiger partial charge in [-0.1, -0.05) is 59.9 Å². The maximum Gasteiger partial charge on any atom is 0.262 e. The topological polar surface area (TPSA) is 16.4 Å². The Hall–Kier alpha value is -3.37. The van der Waals surface area contributed by atoms with Crippen molar-refractivity contribution in [2.24, 2.45) is 0 Å². The summed E-state index contributed by atoms with van der Waals surface area (Å²) in [4.78, 5) is 2.23. The van der Waals surface area contributed by atoms with Crippen molar-refractivity contribution in [3.05, 3.63) is 95.8 Å². The first kappa shape index (κ1) is 19.6. The number of anilines is 1. The van der Waals surface area contributed by atoms with Crippen LogP contribution in [0.1, 0.15) is 18.9 Å². The van der Waals surface area contributed by atoms with E-state index in [-0.39, 0.29) is 0 Å². The predicted octanol–water partition coefficient (Wildman–Crippen LogP) is 6.65. The fourth-order valence-electron chi connectivity index (χ4n) is 4.08. The highest BCUT2D eigenvalue weighted by Gasteiger charge is 2.25. The minimum Gasteiger partial charge on any atom is -0.439 e. The Labute approximate surface area is 187 Å². The smallest absolute Gasteiger partial charge is 0.262 e. The molecule has 0 bridgehead atoms. The van der Waals surface area contributed by atoms with Gasteiger partial charge >= 0.3 is 0 Å². The first-order valence-electron chi connectivity index (χ1n) is 10.7. The van der Waals surface area contributed by atoms with Crippen LogP contribution in [0.4, 0.5) is 5.69 Å². The van der Waals surface area contributed by atoms with Crippen molar-refractivity contribution < 1.29 is 9.30 Å². The number of hydrogen-bond donors (Lipinski definition) is 0. The van der Waals surface area contributed by atoms with Gasteiger partial charge in [0, 0.05) is 18.7 Å². The third kappa shape index (κ3) is 3.64. The average molecular weight is 426 g/mol. The Morgan fingerprint density at radius 2 is 1.74 bits per heavy atom. The molecule has 0 saturated carbocycles. The van der Waals surface area contributed by atoms with Gasteiger partial charge in [-0.25, -0.2) is 0 Å². The van der Waals surface area contributed by atoms with Gasteiger partial charge < -0.3 is 9.64 Å². The van der Waals surface area contributed by atoms with Gasteiger partial charge in [-0.3, -0.25) is 0 Å². The molecule has 0 aliphatic carbocycles. The minimum atomic E-state index is 0.850. The van der Waals surface area contributed by atoms with E-state index in [9.17, 15) is 0 Å². The number of para-hydroxylation sites is 1. The first-order chi connectivity index (χ1) is 15.3. The minimum absolute atomic E-state index is 0.850. The molecule has 3 nitrogen and oxygen atoms in total. The lowest BCUT2D eigenvalue weighted by Gasteiger charge is -2.15. The summed E-state index contributed by atoms with van der Waals surface area (Å²) in [6.45, 7) is 6.14. The Balaban J connectivity index is 1.44. The molecule has 1 aliphatic heterocycles. The van der Waals surface area contributed by atoms with Crippen molar-refractivity contribution in [1.29, 1.82) is 0 Å². The lowest BCUT2D eigenvalue weighted by Crippen LogP contribution is -2.33. The molecule has 0 amide bonds. The van der Waals surface area contributed by atoms with Crippen LogP contribution in [0.25, 0.3) is 27.4 Å². The number of fused-ring (bicyclic) bond motifs is 2. The molecule has 4 heteroatoms. The van der Waals surface area contributed by atoms with Crippen LogP contribution in [0.15, 0.2) is 90.8 Å². The van der Waals surface area contributed by atoms with E-state index < -0.39 is 0 Å². The maximum absolute atomic E-state index is 6.19. The number of allylic oxidation sites excluding steroid dienone is 2. The summed E-state index contributed by atoms with van der Waals surface area (Å²) in [6.07, 6.45) is 6.34. The van der Waals surface area contributed by atoms with Gasteiger partial charge in [0.2, 0.25) is 11.4 Å². The predicted molar refractivity (Wildman–Crippen MR) is 130 cm³/mol. The van der Waals surface area contributed by atoms with Crippen molar-refractivity contribution >= 4 is 33.3 Å². The molecule has 4 aromatic rings. The van der Waals surface area contributed by atoms with Gasteiger partial charge in [0.05, 0.1) is 5.69 Å². The standard InChI is InChI=1S/C27H25N2OS/c1-3-28-23-19-21(20-11-6-5-7-12-20)17-18-24(23)30-26(28)15-10-16-27-29(4-2)22-13-8-9-14-25(22)31-27/h5-19H,3-4H2,1-2H3/q+1. The average Bonchev–Trinajstić information content (AvgIpc) is 3.36. The summed E-state index contributed by atoms with van der Waals surface area (Å²) in [5, 5.41) is 1.24. The summed E-state index contributed by atoms with van der Waals surface area (Å²) in [5.74, 6) is 1.77. The third-order valence-corrected chi connectivity index (χ3v) is 6.71. The van der Waals surface area contributed by atoms with Crippen molar-refractivity contribution in [2.75, 3.05) is 11.4 Å². The highest BCUT2D eigenvalue weighted by Crippen LogP contribution is 2.41. The largest absolute Gasteiger partial charge is 0.439 e. The zero-order valence-electron chi connectivity index (χ0n) is 17.8. The summed E-state index contributed by atoms with van der Waals surface area (Å²) >= 11 is 1.82. The van der Waals surface area contributed by atoms with Crippen molar-refractivity contribution in [1.82, 2.24) is 0 Å². The summed E-state index contributed by atoms with van der Waals surface area (Å²) in [5.41, 5.74) is 4.82. The summed E-state index contributed by atoms with van der Waals surface area (Å²) in [6, 6.07) is 25.5. The molecule has 0 saturated heterocycles. The van der Waals surface area contributed by atoms with E-state index >= 15 is 0 Å². The Kier molecular flexibility index (Phi) is 5.31. The molecule has 0 fully saturated rings. The molecule has 31 heavy (non-hydrogen) atoms. The molecule has 1 aliphatic rings. The quantitative estimate of drug-likeness (QED) is 0.333. The molecule has 154 valence electrons. The van der Waals surface area contributed by atoms with E-state index in [0.717, 1.165) is 30.4 Å². The van der Waals surface area contributed by atoms with Gasteiger partial charge in [0.15, 0.2) is 5.75 Å². The zero-order chi connectivity index (χ0) is 21.2. The number of aryl methyl sites for hydroxylation is 1. The molecule has 0 radical (unpaired) electrons. The number of rotatable bonds is 5. The van der Waals surface area contributed by atoms with Crippen LogP contribution in [0, 0.1) is 0 Å². The summed E-state index contributed by atoms with van der Waals surface area (Å²) in [7, 11) is 0. The number of aromatic nitrogens is 1. The number of nitrogens with zero attached hydrogens (tertiary/aromatic N) is 2. The van der Waals surface area contributed by atoms with Gasteiger partial charge in [-0.2, -0.15) is 4.57 Å². The van der Waals surface area contributed by atoms with Gasteiger partial charge in [-0.05, 0) is 55.3 Å². The van der Waals surface area contributed by atoms with Crippen LogP contribution >= 0.6 is 11.3 Å². The molecule has 3 aromatic carbocycles. The third-order valence-electron chi connectivity index (χ3n) is 5.58.